The van der Waals surface area contributed by atoms with Crippen molar-refractivity contribution >= 4 is 27.8 Å². The fraction of sp³-hybridized carbons (Fsp3) is 0.429. The summed E-state index contributed by atoms with van der Waals surface area (Å²) < 4.78 is 13.4. The number of hydrogen-bond donors (Lipinski definition) is 2. The maximum atomic E-state index is 13.3. The molecule has 0 saturated carbocycles. The third-order valence-corrected chi connectivity index (χ3v) is 3.62. The minimum absolute atomic E-state index is 0.0231. The second kappa shape index (κ2) is 7.38. The molecular weight excluding hydrogens is 329 g/mol. The number of benzene rings is 1. The van der Waals surface area contributed by atoms with Gasteiger partial charge in [-0.2, -0.15) is 0 Å². The van der Waals surface area contributed by atoms with E-state index in [0.717, 1.165) is 0 Å². The van der Waals surface area contributed by atoms with Crippen LogP contribution in [-0.4, -0.2) is 23.5 Å². The van der Waals surface area contributed by atoms with Crippen molar-refractivity contribution in [2.45, 2.75) is 20.3 Å². The van der Waals surface area contributed by atoms with Gasteiger partial charge in [-0.1, -0.05) is 19.9 Å². The normalized spacial score (nSPS) is 12.2. The topological polar surface area (TPSA) is 66.4 Å². The molecule has 2 N–H and O–H groups in total. The van der Waals surface area contributed by atoms with Crippen LogP contribution in [0.1, 0.15) is 30.6 Å². The second-order valence-electron chi connectivity index (χ2n) is 4.98. The molecule has 1 aromatic carbocycles. The van der Waals surface area contributed by atoms with Crippen LogP contribution in [0.25, 0.3) is 0 Å². The molecular formula is C14H17BrFNO3. The number of amides is 1. The number of carboxylic acids is 1. The zero-order chi connectivity index (χ0) is 15.3. The summed E-state index contributed by atoms with van der Waals surface area (Å²) in [5.74, 6) is -2.40. The van der Waals surface area contributed by atoms with Crippen LogP contribution in [0, 0.1) is 17.7 Å². The summed E-state index contributed by atoms with van der Waals surface area (Å²) in [6.07, 6.45) is 0.472. The van der Waals surface area contributed by atoms with E-state index >= 15 is 0 Å². The highest BCUT2D eigenvalue weighted by atomic mass is 79.9. The van der Waals surface area contributed by atoms with Gasteiger partial charge in [0.1, 0.15) is 5.82 Å². The summed E-state index contributed by atoms with van der Waals surface area (Å²) in [6, 6.07) is 4.14. The summed E-state index contributed by atoms with van der Waals surface area (Å²) in [5, 5.41) is 11.6. The third kappa shape index (κ3) is 4.59. The average Bonchev–Trinajstić information content (AvgIpc) is 2.36. The van der Waals surface area contributed by atoms with Gasteiger partial charge >= 0.3 is 5.97 Å². The van der Waals surface area contributed by atoms with Crippen molar-refractivity contribution in [3.63, 3.8) is 0 Å². The van der Waals surface area contributed by atoms with Gasteiger partial charge in [0, 0.05) is 6.54 Å². The molecule has 4 nitrogen and oxygen atoms in total. The van der Waals surface area contributed by atoms with Crippen LogP contribution in [-0.2, 0) is 4.79 Å². The first kappa shape index (κ1) is 16.6. The smallest absolute Gasteiger partial charge is 0.308 e. The summed E-state index contributed by atoms with van der Waals surface area (Å²) in [7, 11) is 0. The molecule has 1 atom stereocenters. The van der Waals surface area contributed by atoms with Crippen molar-refractivity contribution in [3.05, 3.63) is 34.1 Å². The third-order valence-electron chi connectivity index (χ3n) is 2.81. The minimum atomic E-state index is -0.947. The Morgan fingerprint density at radius 2 is 2.05 bits per heavy atom. The first-order valence-electron chi connectivity index (χ1n) is 6.28. The van der Waals surface area contributed by atoms with Gasteiger partial charge in [0.2, 0.25) is 0 Å². The highest BCUT2D eigenvalue weighted by Gasteiger charge is 2.21. The molecule has 0 heterocycles. The van der Waals surface area contributed by atoms with Crippen molar-refractivity contribution in [2.75, 3.05) is 6.54 Å². The molecule has 0 aliphatic rings. The minimum Gasteiger partial charge on any atom is -0.481 e. The lowest BCUT2D eigenvalue weighted by Crippen LogP contribution is -2.33. The number of carbonyl (C=O) groups excluding carboxylic acids is 1. The van der Waals surface area contributed by atoms with Crippen molar-refractivity contribution in [1.29, 1.82) is 0 Å². The SMILES string of the molecule is CC(C)CC(CNC(=O)c1cccc(F)c1Br)C(=O)O. The lowest BCUT2D eigenvalue weighted by Gasteiger charge is -2.15. The highest BCUT2D eigenvalue weighted by molar-refractivity contribution is 9.10. The number of nitrogens with one attached hydrogen (secondary N) is 1. The summed E-state index contributed by atoms with van der Waals surface area (Å²) >= 11 is 3.00. The molecule has 20 heavy (non-hydrogen) atoms. The predicted molar refractivity (Wildman–Crippen MR) is 77.0 cm³/mol. The van der Waals surface area contributed by atoms with Gasteiger partial charge in [0.25, 0.3) is 5.91 Å². The highest BCUT2D eigenvalue weighted by Crippen LogP contribution is 2.20. The Morgan fingerprint density at radius 1 is 1.40 bits per heavy atom. The molecule has 0 bridgehead atoms. The number of rotatable bonds is 6. The summed E-state index contributed by atoms with van der Waals surface area (Å²) in [4.78, 5) is 23.0. The van der Waals surface area contributed by atoms with Crippen LogP contribution in [0.15, 0.2) is 22.7 Å². The molecule has 0 fully saturated rings. The maximum absolute atomic E-state index is 13.3. The van der Waals surface area contributed by atoms with Crippen LogP contribution in [0.3, 0.4) is 0 Å². The van der Waals surface area contributed by atoms with Crippen molar-refractivity contribution < 1.29 is 19.1 Å². The Balaban J connectivity index is 2.70. The molecule has 110 valence electrons. The van der Waals surface area contributed by atoms with Gasteiger partial charge in [-0.05, 0) is 40.4 Å². The first-order chi connectivity index (χ1) is 9.32. The van der Waals surface area contributed by atoms with Crippen molar-refractivity contribution in [1.82, 2.24) is 5.32 Å². The van der Waals surface area contributed by atoms with Gasteiger partial charge < -0.3 is 10.4 Å². The van der Waals surface area contributed by atoms with Gasteiger partial charge in [-0.3, -0.25) is 9.59 Å². The lowest BCUT2D eigenvalue weighted by molar-refractivity contribution is -0.142. The van der Waals surface area contributed by atoms with Crippen LogP contribution < -0.4 is 5.32 Å². The van der Waals surface area contributed by atoms with E-state index in [1.54, 1.807) is 0 Å². The Morgan fingerprint density at radius 3 is 2.60 bits per heavy atom. The van der Waals surface area contributed by atoms with E-state index in [1.807, 2.05) is 13.8 Å². The fourth-order valence-electron chi connectivity index (χ4n) is 1.83. The predicted octanol–water partition coefficient (Wildman–Crippen LogP) is 3.06. The lowest BCUT2D eigenvalue weighted by atomic mass is 9.97. The monoisotopic (exact) mass is 345 g/mol. The molecule has 1 aromatic rings. The Bertz CT molecular complexity index is 505. The van der Waals surface area contributed by atoms with Gasteiger partial charge in [0.05, 0.1) is 16.0 Å². The van der Waals surface area contributed by atoms with Crippen LogP contribution >= 0.6 is 15.9 Å². The molecule has 0 spiro atoms. The van der Waals surface area contributed by atoms with E-state index < -0.39 is 23.6 Å². The van der Waals surface area contributed by atoms with E-state index in [4.69, 9.17) is 5.11 Å². The van der Waals surface area contributed by atoms with E-state index in [2.05, 4.69) is 21.2 Å². The van der Waals surface area contributed by atoms with Gasteiger partial charge in [-0.15, -0.1) is 0 Å². The standard InChI is InChI=1S/C14H17BrFNO3/c1-8(2)6-9(14(19)20)7-17-13(18)10-4-3-5-11(16)12(10)15/h3-5,8-9H,6-7H2,1-2H3,(H,17,18)(H,19,20). The summed E-state index contributed by atoms with van der Waals surface area (Å²) in [6.45, 7) is 3.86. The Kier molecular flexibility index (Phi) is 6.13. The van der Waals surface area contributed by atoms with E-state index in [0.29, 0.717) is 6.42 Å². The van der Waals surface area contributed by atoms with E-state index in [1.165, 1.54) is 18.2 Å². The van der Waals surface area contributed by atoms with Crippen molar-refractivity contribution in [2.24, 2.45) is 11.8 Å². The molecule has 0 aliphatic heterocycles. The van der Waals surface area contributed by atoms with Crippen LogP contribution in [0.4, 0.5) is 4.39 Å². The molecule has 0 saturated heterocycles. The molecule has 0 aliphatic carbocycles. The molecule has 1 amide bonds. The number of aliphatic carboxylic acids is 1. The number of hydrogen-bond acceptors (Lipinski definition) is 2. The van der Waals surface area contributed by atoms with Gasteiger partial charge in [0.15, 0.2) is 0 Å². The zero-order valence-electron chi connectivity index (χ0n) is 11.3. The first-order valence-corrected chi connectivity index (χ1v) is 7.07. The quantitative estimate of drug-likeness (QED) is 0.832. The Labute approximate surface area is 125 Å². The molecule has 1 unspecified atom stereocenters. The van der Waals surface area contributed by atoms with Crippen molar-refractivity contribution in [3.8, 4) is 0 Å². The number of carboxylic acid groups (broad SMARTS) is 1. The van der Waals surface area contributed by atoms with Crippen LogP contribution in [0.2, 0.25) is 0 Å². The molecule has 0 aromatic heterocycles. The van der Waals surface area contributed by atoms with Crippen LogP contribution in [0.5, 0.6) is 0 Å². The number of carbonyl (C=O) groups is 2. The average molecular weight is 346 g/mol. The largest absolute Gasteiger partial charge is 0.481 e. The van der Waals surface area contributed by atoms with E-state index in [9.17, 15) is 14.0 Å². The fourth-order valence-corrected chi connectivity index (χ4v) is 2.28. The molecule has 6 heteroatoms. The van der Waals surface area contributed by atoms with Gasteiger partial charge in [-0.25, -0.2) is 4.39 Å². The second-order valence-corrected chi connectivity index (χ2v) is 5.77. The molecule has 0 radical (unpaired) electrons. The Hall–Kier alpha value is -1.43. The number of halogens is 2. The zero-order valence-corrected chi connectivity index (χ0v) is 12.9. The van der Waals surface area contributed by atoms with E-state index in [-0.39, 0.29) is 22.5 Å². The molecule has 1 rings (SSSR count). The maximum Gasteiger partial charge on any atom is 0.308 e. The summed E-state index contributed by atoms with van der Waals surface area (Å²) in [5.41, 5.74) is 0.152.